The van der Waals surface area contributed by atoms with Gasteiger partial charge in [0.2, 0.25) is 17.9 Å². The third-order valence-corrected chi connectivity index (χ3v) is 2.98. The number of nitrogens with one attached hydrogen (secondary N) is 1. The van der Waals surface area contributed by atoms with Gasteiger partial charge in [-0.2, -0.15) is 0 Å². The highest BCUT2D eigenvalue weighted by Crippen LogP contribution is 2.32. The first kappa shape index (κ1) is 12.8. The number of carbonyl (C=O) groups excluding carboxylic acids is 3. The highest BCUT2D eigenvalue weighted by atomic mass is 16.5. The van der Waals surface area contributed by atoms with Gasteiger partial charge >= 0.3 is 0 Å². The normalized spacial score (nSPS) is 34.2. The lowest BCUT2D eigenvalue weighted by atomic mass is 9.82. The Hall–Kier alpha value is -1.23. The van der Waals surface area contributed by atoms with E-state index in [-0.39, 0.29) is 5.92 Å². The van der Waals surface area contributed by atoms with Gasteiger partial charge in [-0.1, -0.05) is 13.8 Å². The molecule has 0 aromatic rings. The van der Waals surface area contributed by atoms with Crippen LogP contribution >= 0.6 is 0 Å². The molecule has 1 aliphatic rings. The van der Waals surface area contributed by atoms with Crippen molar-refractivity contribution in [3.63, 3.8) is 0 Å². The first-order valence-corrected chi connectivity index (χ1v) is 5.34. The number of amides is 1. The Labute approximate surface area is 94.5 Å². The number of Topliss-reactive ketones (excluding diaryl/α,β-unsaturated/α-hetero) is 2. The van der Waals surface area contributed by atoms with Crippen molar-refractivity contribution in [1.82, 2.24) is 5.32 Å². The number of ketones is 2. The zero-order valence-corrected chi connectivity index (χ0v) is 9.78. The fraction of sp³-hybridized carbons (Fsp3) is 0.727. The van der Waals surface area contributed by atoms with Crippen LogP contribution in [0, 0.1) is 11.8 Å². The topological polar surface area (TPSA) is 72.5 Å². The van der Waals surface area contributed by atoms with Crippen LogP contribution in [-0.2, 0) is 19.1 Å². The van der Waals surface area contributed by atoms with E-state index in [0.29, 0.717) is 18.9 Å². The van der Waals surface area contributed by atoms with Gasteiger partial charge in [0.15, 0.2) is 0 Å². The second-order valence-electron chi connectivity index (χ2n) is 4.44. The van der Waals surface area contributed by atoms with Crippen LogP contribution in [0.15, 0.2) is 0 Å². The maximum Gasteiger partial charge on any atom is 0.250 e. The molecule has 3 unspecified atom stereocenters. The number of hydrogen-bond donors (Lipinski definition) is 1. The average molecular weight is 227 g/mol. The monoisotopic (exact) mass is 227 g/mol. The Kier molecular flexibility index (Phi) is 3.80. The maximum atomic E-state index is 11.8. The molecule has 5 heteroatoms. The molecule has 0 bridgehead atoms. The summed E-state index contributed by atoms with van der Waals surface area (Å²) >= 11 is 0. The molecule has 0 aromatic heterocycles. The zero-order chi connectivity index (χ0) is 12.3. The lowest BCUT2D eigenvalue weighted by Crippen LogP contribution is -2.62. The van der Waals surface area contributed by atoms with E-state index in [9.17, 15) is 14.4 Å². The largest absolute Gasteiger partial charge is 0.348 e. The number of rotatable bonds is 4. The average Bonchev–Trinajstić information content (AvgIpc) is 2.21. The molecule has 1 saturated heterocycles. The summed E-state index contributed by atoms with van der Waals surface area (Å²) in [7, 11) is 0. The van der Waals surface area contributed by atoms with E-state index < -0.39 is 17.3 Å². The van der Waals surface area contributed by atoms with Crippen LogP contribution in [0.1, 0.15) is 27.2 Å². The lowest BCUT2D eigenvalue weighted by Gasteiger charge is -2.41. The van der Waals surface area contributed by atoms with Gasteiger partial charge in [0.1, 0.15) is 0 Å². The molecule has 90 valence electrons. The minimum Gasteiger partial charge on any atom is -0.348 e. The van der Waals surface area contributed by atoms with E-state index in [1.54, 1.807) is 6.92 Å². The Morgan fingerprint density at radius 2 is 2.06 bits per heavy atom. The third kappa shape index (κ3) is 2.14. The summed E-state index contributed by atoms with van der Waals surface area (Å²) in [4.78, 5) is 33.6. The highest BCUT2D eigenvalue weighted by Gasteiger charge is 2.49. The molecular formula is C11H17NO4. The minimum absolute atomic E-state index is 0.210. The summed E-state index contributed by atoms with van der Waals surface area (Å²) in [6.45, 7) is 5.35. The van der Waals surface area contributed by atoms with Gasteiger partial charge in [-0.05, 0) is 12.3 Å². The van der Waals surface area contributed by atoms with E-state index in [1.165, 1.54) is 6.92 Å². The molecule has 1 rings (SSSR count). The third-order valence-electron chi connectivity index (χ3n) is 2.98. The van der Waals surface area contributed by atoms with Crippen LogP contribution < -0.4 is 5.32 Å². The summed E-state index contributed by atoms with van der Waals surface area (Å²) in [5.41, 5.74) is -1.46. The lowest BCUT2D eigenvalue weighted by molar-refractivity contribution is -0.179. The first-order valence-electron chi connectivity index (χ1n) is 5.34. The molecule has 1 amide bonds. The SMILES string of the molecule is CC(=O)C(=O)C1(NC=O)OCC(C)CC1C. The predicted molar refractivity (Wildman–Crippen MR) is 56.5 cm³/mol. The molecule has 16 heavy (non-hydrogen) atoms. The van der Waals surface area contributed by atoms with Crippen LogP contribution in [-0.4, -0.2) is 30.3 Å². The van der Waals surface area contributed by atoms with Crippen molar-refractivity contribution < 1.29 is 19.1 Å². The summed E-state index contributed by atoms with van der Waals surface area (Å²) in [6.07, 6.45) is 1.15. The van der Waals surface area contributed by atoms with Crippen molar-refractivity contribution in [2.24, 2.45) is 11.8 Å². The second kappa shape index (κ2) is 4.74. The first-order chi connectivity index (χ1) is 7.44. The molecule has 5 nitrogen and oxygen atoms in total. The number of hydrogen-bond acceptors (Lipinski definition) is 4. The standard InChI is InChI=1S/C11H17NO4/c1-7-4-8(2)11(12-6-13,16-5-7)10(15)9(3)14/h6-8H,4-5H2,1-3H3,(H,12,13). The van der Waals surface area contributed by atoms with E-state index in [0.717, 1.165) is 6.42 Å². The van der Waals surface area contributed by atoms with E-state index in [4.69, 9.17) is 4.74 Å². The van der Waals surface area contributed by atoms with Gasteiger partial charge in [0.05, 0.1) is 6.61 Å². The van der Waals surface area contributed by atoms with Gasteiger partial charge < -0.3 is 10.1 Å². The minimum atomic E-state index is -1.46. The Morgan fingerprint density at radius 3 is 2.50 bits per heavy atom. The summed E-state index contributed by atoms with van der Waals surface area (Å²) in [5, 5.41) is 2.38. The predicted octanol–water partition coefficient (Wildman–Crippen LogP) is 0.279. The van der Waals surface area contributed by atoms with Crippen molar-refractivity contribution in [3.8, 4) is 0 Å². The second-order valence-corrected chi connectivity index (χ2v) is 4.44. The van der Waals surface area contributed by atoms with Crippen molar-refractivity contribution in [1.29, 1.82) is 0 Å². The molecule has 1 fully saturated rings. The van der Waals surface area contributed by atoms with Crippen molar-refractivity contribution in [3.05, 3.63) is 0 Å². The van der Waals surface area contributed by atoms with E-state index in [2.05, 4.69) is 5.32 Å². The molecule has 0 aliphatic carbocycles. The van der Waals surface area contributed by atoms with Crippen molar-refractivity contribution >= 4 is 18.0 Å². The molecule has 0 saturated carbocycles. The summed E-state index contributed by atoms with van der Waals surface area (Å²) in [6, 6.07) is 0. The van der Waals surface area contributed by atoms with Crippen molar-refractivity contribution in [2.75, 3.05) is 6.61 Å². The zero-order valence-electron chi connectivity index (χ0n) is 9.78. The molecule has 0 radical (unpaired) electrons. The fourth-order valence-corrected chi connectivity index (χ4v) is 2.14. The van der Waals surface area contributed by atoms with Crippen LogP contribution in [0.4, 0.5) is 0 Å². The molecule has 0 aromatic carbocycles. The summed E-state index contributed by atoms with van der Waals surface area (Å²) < 4.78 is 5.44. The smallest absolute Gasteiger partial charge is 0.250 e. The highest BCUT2D eigenvalue weighted by molar-refractivity contribution is 6.39. The Bertz CT molecular complexity index is 315. The van der Waals surface area contributed by atoms with E-state index >= 15 is 0 Å². The van der Waals surface area contributed by atoms with Crippen LogP contribution in [0.5, 0.6) is 0 Å². The van der Waals surface area contributed by atoms with Gasteiger partial charge in [0.25, 0.3) is 5.78 Å². The Morgan fingerprint density at radius 1 is 1.44 bits per heavy atom. The molecule has 1 heterocycles. The van der Waals surface area contributed by atoms with Gasteiger partial charge in [-0.3, -0.25) is 14.4 Å². The fourth-order valence-electron chi connectivity index (χ4n) is 2.14. The number of carbonyl (C=O) groups is 3. The molecule has 1 aliphatic heterocycles. The van der Waals surface area contributed by atoms with Crippen LogP contribution in [0.25, 0.3) is 0 Å². The Balaban J connectivity index is 3.00. The number of ether oxygens (including phenoxy) is 1. The van der Waals surface area contributed by atoms with Gasteiger partial charge in [0, 0.05) is 12.8 Å². The van der Waals surface area contributed by atoms with Crippen molar-refractivity contribution in [2.45, 2.75) is 32.9 Å². The van der Waals surface area contributed by atoms with Gasteiger partial charge in [-0.25, -0.2) is 0 Å². The molecular weight excluding hydrogens is 210 g/mol. The van der Waals surface area contributed by atoms with Crippen LogP contribution in [0.3, 0.4) is 0 Å². The maximum absolute atomic E-state index is 11.8. The van der Waals surface area contributed by atoms with Gasteiger partial charge in [-0.15, -0.1) is 0 Å². The molecule has 3 atom stereocenters. The van der Waals surface area contributed by atoms with E-state index in [1.807, 2.05) is 6.92 Å². The van der Waals surface area contributed by atoms with Crippen LogP contribution in [0.2, 0.25) is 0 Å². The summed E-state index contributed by atoms with van der Waals surface area (Å²) in [5.74, 6) is -1.18. The quantitative estimate of drug-likeness (QED) is 0.553. The molecule has 0 spiro atoms. The molecule has 1 N–H and O–H groups in total.